The minimum Gasteiger partial charge on any atom is -0.444 e. The van der Waals surface area contributed by atoms with Crippen LogP contribution in [0, 0.1) is 0 Å². The number of hydrogen-bond acceptors (Lipinski definition) is 4. The zero-order valence-electron chi connectivity index (χ0n) is 13.1. The molecular formula is C14H28N2O3. The molecule has 112 valence electrons. The molecule has 1 aliphatic heterocycles. The van der Waals surface area contributed by atoms with Gasteiger partial charge in [-0.15, -0.1) is 0 Å². The van der Waals surface area contributed by atoms with Crippen molar-refractivity contribution in [1.82, 2.24) is 9.80 Å². The minimum absolute atomic E-state index is 0.211. The van der Waals surface area contributed by atoms with E-state index in [9.17, 15) is 4.79 Å². The van der Waals surface area contributed by atoms with Crippen LogP contribution in [0.3, 0.4) is 0 Å². The van der Waals surface area contributed by atoms with Gasteiger partial charge in [0.25, 0.3) is 0 Å². The Bertz CT molecular complexity index is 290. The molecular weight excluding hydrogens is 244 g/mol. The summed E-state index contributed by atoms with van der Waals surface area (Å²) >= 11 is 0. The second-order valence-electron chi connectivity index (χ2n) is 6.31. The van der Waals surface area contributed by atoms with E-state index in [0.29, 0.717) is 25.2 Å². The normalized spacial score (nSPS) is 25.5. The third-order valence-electron chi connectivity index (χ3n) is 3.31. The van der Waals surface area contributed by atoms with Crippen LogP contribution in [0.25, 0.3) is 0 Å². The first-order chi connectivity index (χ1) is 8.74. The molecule has 0 N–H and O–H groups in total. The molecule has 0 aromatic rings. The van der Waals surface area contributed by atoms with Gasteiger partial charge in [0, 0.05) is 38.8 Å². The lowest BCUT2D eigenvalue weighted by Gasteiger charge is -2.44. The van der Waals surface area contributed by atoms with Gasteiger partial charge in [-0.05, 0) is 34.6 Å². The van der Waals surface area contributed by atoms with Crippen molar-refractivity contribution in [3.8, 4) is 0 Å². The van der Waals surface area contributed by atoms with Crippen molar-refractivity contribution in [2.75, 3.05) is 33.4 Å². The lowest BCUT2D eigenvalue weighted by molar-refractivity contribution is -0.0126. The predicted octanol–water partition coefficient (Wildman–Crippen LogP) is 1.96. The molecule has 0 radical (unpaired) electrons. The molecule has 0 saturated carbocycles. The van der Waals surface area contributed by atoms with Gasteiger partial charge in [0.05, 0.1) is 6.61 Å². The molecule has 0 aliphatic carbocycles. The van der Waals surface area contributed by atoms with Crippen molar-refractivity contribution >= 4 is 6.09 Å². The molecule has 0 aromatic carbocycles. The molecule has 0 spiro atoms. The van der Waals surface area contributed by atoms with Gasteiger partial charge in [-0.3, -0.25) is 4.90 Å². The number of rotatable bonds is 3. The Morgan fingerprint density at radius 2 is 1.74 bits per heavy atom. The number of carbonyl (C=O) groups is 1. The molecule has 0 aromatic heterocycles. The molecule has 1 saturated heterocycles. The Balaban J connectivity index is 2.56. The second-order valence-corrected chi connectivity index (χ2v) is 6.31. The van der Waals surface area contributed by atoms with Crippen LogP contribution in [0.5, 0.6) is 0 Å². The van der Waals surface area contributed by atoms with E-state index < -0.39 is 5.60 Å². The smallest absolute Gasteiger partial charge is 0.410 e. The Hall–Kier alpha value is -0.810. The predicted molar refractivity (Wildman–Crippen MR) is 75.3 cm³/mol. The van der Waals surface area contributed by atoms with Gasteiger partial charge in [-0.2, -0.15) is 0 Å². The molecule has 0 bridgehead atoms. The van der Waals surface area contributed by atoms with E-state index in [1.165, 1.54) is 0 Å². The van der Waals surface area contributed by atoms with Crippen LogP contribution >= 0.6 is 0 Å². The molecule has 1 rings (SSSR count). The summed E-state index contributed by atoms with van der Waals surface area (Å²) < 4.78 is 10.6. The van der Waals surface area contributed by atoms with Gasteiger partial charge in [-0.1, -0.05) is 0 Å². The Kier molecular flexibility index (Phi) is 5.62. The van der Waals surface area contributed by atoms with Crippen LogP contribution in [-0.4, -0.2) is 66.9 Å². The lowest BCUT2D eigenvalue weighted by atomic mass is 10.1. The number of carbonyl (C=O) groups excluding carboxylic acids is 1. The standard InChI is InChI=1S/C14H28N2O3/c1-11-9-15(13(17)19-14(3,4)5)10-12(2)16(11)7-8-18-6/h11-12H,7-10H2,1-6H3. The van der Waals surface area contributed by atoms with E-state index in [0.717, 1.165) is 13.2 Å². The molecule has 1 heterocycles. The van der Waals surface area contributed by atoms with E-state index in [1.54, 1.807) is 7.11 Å². The summed E-state index contributed by atoms with van der Waals surface area (Å²) in [5, 5.41) is 0. The molecule has 2 unspecified atom stereocenters. The summed E-state index contributed by atoms with van der Waals surface area (Å²) in [7, 11) is 1.71. The van der Waals surface area contributed by atoms with Crippen LogP contribution in [0.4, 0.5) is 4.79 Å². The van der Waals surface area contributed by atoms with Gasteiger partial charge >= 0.3 is 6.09 Å². The topological polar surface area (TPSA) is 42.0 Å². The maximum atomic E-state index is 12.1. The Morgan fingerprint density at radius 3 is 2.16 bits per heavy atom. The van der Waals surface area contributed by atoms with Crippen molar-refractivity contribution in [2.45, 2.75) is 52.3 Å². The van der Waals surface area contributed by atoms with Crippen LogP contribution in [0.1, 0.15) is 34.6 Å². The van der Waals surface area contributed by atoms with Gasteiger partial charge in [-0.25, -0.2) is 4.79 Å². The van der Waals surface area contributed by atoms with Crippen molar-refractivity contribution in [1.29, 1.82) is 0 Å². The fraction of sp³-hybridized carbons (Fsp3) is 0.929. The largest absolute Gasteiger partial charge is 0.444 e. The monoisotopic (exact) mass is 272 g/mol. The second kappa shape index (κ2) is 6.57. The first-order valence-electron chi connectivity index (χ1n) is 6.97. The van der Waals surface area contributed by atoms with Gasteiger partial charge in [0.1, 0.15) is 5.60 Å². The van der Waals surface area contributed by atoms with Crippen LogP contribution in [-0.2, 0) is 9.47 Å². The highest BCUT2D eigenvalue weighted by molar-refractivity contribution is 5.68. The van der Waals surface area contributed by atoms with Gasteiger partial charge in [0.15, 0.2) is 0 Å². The molecule has 2 atom stereocenters. The molecule has 5 nitrogen and oxygen atoms in total. The summed E-state index contributed by atoms with van der Waals surface area (Å²) in [5.41, 5.74) is -0.434. The third kappa shape index (κ3) is 4.99. The summed E-state index contributed by atoms with van der Waals surface area (Å²) in [6.07, 6.45) is -0.211. The van der Waals surface area contributed by atoms with Crippen molar-refractivity contribution in [2.24, 2.45) is 0 Å². The highest BCUT2D eigenvalue weighted by Crippen LogP contribution is 2.18. The molecule has 5 heteroatoms. The number of piperazine rings is 1. The number of nitrogens with zero attached hydrogens (tertiary/aromatic N) is 2. The highest BCUT2D eigenvalue weighted by Gasteiger charge is 2.33. The maximum absolute atomic E-state index is 12.1. The minimum atomic E-state index is -0.434. The van der Waals surface area contributed by atoms with E-state index in [2.05, 4.69) is 18.7 Å². The van der Waals surface area contributed by atoms with Crippen LogP contribution < -0.4 is 0 Å². The van der Waals surface area contributed by atoms with Gasteiger partial charge in [0.2, 0.25) is 0 Å². The maximum Gasteiger partial charge on any atom is 0.410 e. The molecule has 1 amide bonds. The zero-order valence-corrected chi connectivity index (χ0v) is 13.1. The van der Waals surface area contributed by atoms with E-state index in [-0.39, 0.29) is 6.09 Å². The average Bonchev–Trinajstić information content (AvgIpc) is 2.25. The Morgan fingerprint density at radius 1 is 1.21 bits per heavy atom. The summed E-state index contributed by atoms with van der Waals surface area (Å²) in [6.45, 7) is 13.0. The third-order valence-corrected chi connectivity index (χ3v) is 3.31. The number of methoxy groups -OCH3 is 1. The number of amides is 1. The zero-order chi connectivity index (χ0) is 14.6. The number of hydrogen-bond donors (Lipinski definition) is 0. The van der Waals surface area contributed by atoms with E-state index in [1.807, 2.05) is 25.7 Å². The van der Waals surface area contributed by atoms with Crippen molar-refractivity contribution in [3.05, 3.63) is 0 Å². The fourth-order valence-electron chi connectivity index (χ4n) is 2.47. The number of ether oxygens (including phenoxy) is 2. The first-order valence-corrected chi connectivity index (χ1v) is 6.97. The van der Waals surface area contributed by atoms with Crippen molar-refractivity contribution in [3.63, 3.8) is 0 Å². The van der Waals surface area contributed by atoms with Crippen LogP contribution in [0.2, 0.25) is 0 Å². The molecule has 1 fully saturated rings. The quantitative estimate of drug-likeness (QED) is 0.787. The average molecular weight is 272 g/mol. The SMILES string of the molecule is COCCN1C(C)CN(C(=O)OC(C)(C)C)CC1C. The first kappa shape index (κ1) is 16.2. The molecule has 19 heavy (non-hydrogen) atoms. The summed E-state index contributed by atoms with van der Waals surface area (Å²) in [6, 6.07) is 0.651. The summed E-state index contributed by atoms with van der Waals surface area (Å²) in [4.78, 5) is 16.3. The van der Waals surface area contributed by atoms with E-state index >= 15 is 0 Å². The Labute approximate surface area is 116 Å². The fourth-order valence-corrected chi connectivity index (χ4v) is 2.47. The van der Waals surface area contributed by atoms with Crippen LogP contribution in [0.15, 0.2) is 0 Å². The van der Waals surface area contributed by atoms with Gasteiger partial charge < -0.3 is 14.4 Å². The summed E-state index contributed by atoms with van der Waals surface area (Å²) in [5.74, 6) is 0. The molecule has 1 aliphatic rings. The van der Waals surface area contributed by atoms with Crippen molar-refractivity contribution < 1.29 is 14.3 Å². The van der Waals surface area contributed by atoms with E-state index in [4.69, 9.17) is 9.47 Å². The highest BCUT2D eigenvalue weighted by atomic mass is 16.6. The lowest BCUT2D eigenvalue weighted by Crippen LogP contribution is -2.59.